The third-order valence-electron chi connectivity index (χ3n) is 4.28. The fourth-order valence-electron chi connectivity index (χ4n) is 2.79. The van der Waals surface area contributed by atoms with Crippen molar-refractivity contribution in [2.24, 2.45) is 0 Å². The zero-order valence-corrected chi connectivity index (χ0v) is 15.3. The zero-order chi connectivity index (χ0) is 23.0. The van der Waals surface area contributed by atoms with Crippen molar-refractivity contribution in [3.05, 3.63) is 77.5 Å². The molecule has 3 aromatic rings. The van der Waals surface area contributed by atoms with Crippen LogP contribution in [0, 0.1) is 0 Å². The molecule has 0 aliphatic heterocycles. The van der Waals surface area contributed by atoms with Gasteiger partial charge in [-0.05, 0) is 0 Å². The number of carbonyl (C=O) groups excluding carboxylic acids is 1. The topological polar surface area (TPSA) is 68.9 Å². The maximum atomic E-state index is 14.7. The van der Waals surface area contributed by atoms with E-state index < -0.39 is 46.7 Å². The number of anilines is 1. The summed E-state index contributed by atoms with van der Waals surface area (Å²) in [5.74, 6) is -14.7. The molecule has 0 spiro atoms. The summed E-state index contributed by atoms with van der Waals surface area (Å²) in [6.45, 7) is 0. The van der Waals surface area contributed by atoms with Gasteiger partial charge in [0.25, 0.3) is 0 Å². The molecule has 0 saturated carbocycles. The second kappa shape index (κ2) is 7.64. The van der Waals surface area contributed by atoms with Crippen molar-refractivity contribution in [2.75, 3.05) is 5.73 Å². The van der Waals surface area contributed by atoms with Crippen LogP contribution < -0.4 is 5.73 Å². The summed E-state index contributed by atoms with van der Waals surface area (Å²) in [5, 5.41) is 0. The second-order valence-corrected chi connectivity index (χ2v) is 6.36. The number of alkyl halides is 7. The van der Waals surface area contributed by atoms with Gasteiger partial charge in [0.15, 0.2) is 5.78 Å². The second-order valence-electron chi connectivity index (χ2n) is 6.36. The molecular weight excluding hydrogens is 431 g/mol. The van der Waals surface area contributed by atoms with Gasteiger partial charge in [-0.1, -0.05) is 60.7 Å². The molecule has 0 atom stereocenters. The zero-order valence-electron chi connectivity index (χ0n) is 15.3. The lowest BCUT2D eigenvalue weighted by atomic mass is 9.92. The van der Waals surface area contributed by atoms with Crippen molar-refractivity contribution in [1.29, 1.82) is 0 Å². The molecule has 1 heterocycles. The first-order valence-electron chi connectivity index (χ1n) is 8.53. The first kappa shape index (κ1) is 22.2. The van der Waals surface area contributed by atoms with Gasteiger partial charge < -0.3 is 5.73 Å². The van der Waals surface area contributed by atoms with Crippen LogP contribution >= 0.6 is 0 Å². The van der Waals surface area contributed by atoms with E-state index in [0.717, 1.165) is 0 Å². The molecule has 2 aromatic carbocycles. The first-order chi connectivity index (χ1) is 14.4. The number of ketones is 1. The Labute approximate surface area is 170 Å². The van der Waals surface area contributed by atoms with Crippen LogP contribution in [0.2, 0.25) is 0 Å². The summed E-state index contributed by atoms with van der Waals surface area (Å²) in [7, 11) is 0. The standard InChI is InChI=1S/C20H12F7N3O/c21-18(22,19(23,24)20(25,26)27)16-13(15(31)12-9-5-2-6-10-12)14(29-17(28)30-16)11-7-3-1-4-8-11/h1-10H,(H2,28,29,30). The Bertz CT molecular complexity index is 1100. The van der Waals surface area contributed by atoms with Crippen LogP contribution in [-0.2, 0) is 5.92 Å². The van der Waals surface area contributed by atoms with Crippen LogP contribution in [0.15, 0.2) is 60.7 Å². The minimum absolute atomic E-state index is 0.0109. The van der Waals surface area contributed by atoms with E-state index in [1.54, 1.807) is 0 Å². The van der Waals surface area contributed by atoms with Gasteiger partial charge in [-0.2, -0.15) is 30.7 Å². The fourth-order valence-corrected chi connectivity index (χ4v) is 2.79. The van der Waals surface area contributed by atoms with Gasteiger partial charge in [-0.25, -0.2) is 9.97 Å². The molecule has 4 nitrogen and oxygen atoms in total. The number of nitrogens with zero attached hydrogens (tertiary/aromatic N) is 2. The van der Waals surface area contributed by atoms with Gasteiger partial charge in [-0.15, -0.1) is 0 Å². The summed E-state index contributed by atoms with van der Waals surface area (Å²) >= 11 is 0. The molecule has 0 aliphatic carbocycles. The largest absolute Gasteiger partial charge is 0.460 e. The predicted molar refractivity (Wildman–Crippen MR) is 96.7 cm³/mol. The summed E-state index contributed by atoms with van der Waals surface area (Å²) in [4.78, 5) is 19.7. The minimum Gasteiger partial charge on any atom is -0.368 e. The highest BCUT2D eigenvalue weighted by molar-refractivity contribution is 6.13. The molecule has 0 amide bonds. The lowest BCUT2D eigenvalue weighted by molar-refractivity contribution is -0.360. The Morgan fingerprint density at radius 2 is 1.29 bits per heavy atom. The van der Waals surface area contributed by atoms with E-state index >= 15 is 0 Å². The van der Waals surface area contributed by atoms with Crippen molar-refractivity contribution in [2.45, 2.75) is 18.0 Å². The average Bonchev–Trinajstić information content (AvgIpc) is 2.73. The van der Waals surface area contributed by atoms with Crippen molar-refractivity contribution in [1.82, 2.24) is 9.97 Å². The van der Waals surface area contributed by atoms with E-state index in [1.807, 2.05) is 0 Å². The summed E-state index contributed by atoms with van der Waals surface area (Å²) < 4.78 is 95.4. The molecule has 3 rings (SSSR count). The number of carbonyl (C=O) groups is 1. The molecule has 0 unspecified atom stereocenters. The van der Waals surface area contributed by atoms with E-state index in [-0.39, 0.29) is 11.1 Å². The highest BCUT2D eigenvalue weighted by Gasteiger charge is 2.75. The van der Waals surface area contributed by atoms with Gasteiger partial charge in [0, 0.05) is 11.1 Å². The summed E-state index contributed by atoms with van der Waals surface area (Å²) in [5.41, 5.74) is 1.17. The van der Waals surface area contributed by atoms with E-state index in [1.165, 1.54) is 60.7 Å². The highest BCUT2D eigenvalue weighted by Crippen LogP contribution is 2.52. The molecule has 1 aromatic heterocycles. The predicted octanol–water partition coefficient (Wildman–Crippen LogP) is 5.25. The van der Waals surface area contributed by atoms with Crippen molar-refractivity contribution in [3.8, 4) is 11.3 Å². The number of nitrogens with two attached hydrogens (primary N) is 1. The normalized spacial score (nSPS) is 12.6. The number of halogens is 7. The SMILES string of the molecule is Nc1nc(-c2ccccc2)c(C(=O)c2ccccc2)c(C(F)(F)C(F)(F)C(F)(F)F)n1. The third-order valence-corrected chi connectivity index (χ3v) is 4.28. The number of rotatable bonds is 5. The Balaban J connectivity index is 2.39. The molecule has 31 heavy (non-hydrogen) atoms. The molecule has 2 N–H and O–H groups in total. The maximum Gasteiger partial charge on any atom is 0.460 e. The molecule has 0 saturated heterocycles. The lowest BCUT2D eigenvalue weighted by Gasteiger charge is -2.29. The van der Waals surface area contributed by atoms with Gasteiger partial charge in [0.1, 0.15) is 5.69 Å². The molecule has 0 radical (unpaired) electrons. The average molecular weight is 443 g/mol. The number of nitrogen functional groups attached to an aromatic ring is 1. The number of hydrogen-bond donors (Lipinski definition) is 1. The molecular formula is C20H12F7N3O. The lowest BCUT2D eigenvalue weighted by Crippen LogP contribution is -2.51. The molecule has 162 valence electrons. The van der Waals surface area contributed by atoms with Gasteiger partial charge in [0.05, 0.1) is 11.3 Å². The van der Waals surface area contributed by atoms with Gasteiger partial charge >= 0.3 is 18.0 Å². The minimum atomic E-state index is -6.63. The van der Waals surface area contributed by atoms with Gasteiger partial charge in [0.2, 0.25) is 5.95 Å². The van der Waals surface area contributed by atoms with Crippen molar-refractivity contribution in [3.63, 3.8) is 0 Å². The number of aromatic nitrogens is 2. The van der Waals surface area contributed by atoms with Gasteiger partial charge in [-0.3, -0.25) is 4.79 Å². The smallest absolute Gasteiger partial charge is 0.368 e. The van der Waals surface area contributed by atoms with Crippen LogP contribution in [0.4, 0.5) is 36.7 Å². The Hall–Kier alpha value is -3.50. The van der Waals surface area contributed by atoms with E-state index in [2.05, 4.69) is 9.97 Å². The van der Waals surface area contributed by atoms with E-state index in [4.69, 9.17) is 5.73 Å². The first-order valence-corrected chi connectivity index (χ1v) is 8.53. The molecule has 0 bridgehead atoms. The quantitative estimate of drug-likeness (QED) is 0.432. The maximum absolute atomic E-state index is 14.7. The van der Waals surface area contributed by atoms with Crippen LogP contribution in [-0.4, -0.2) is 27.9 Å². The van der Waals surface area contributed by atoms with Crippen LogP contribution in [0.5, 0.6) is 0 Å². The number of hydrogen-bond acceptors (Lipinski definition) is 4. The van der Waals surface area contributed by atoms with E-state index in [9.17, 15) is 35.5 Å². The Morgan fingerprint density at radius 3 is 1.81 bits per heavy atom. The third kappa shape index (κ3) is 3.82. The highest BCUT2D eigenvalue weighted by atomic mass is 19.4. The molecule has 11 heteroatoms. The molecule has 0 aliphatic rings. The van der Waals surface area contributed by atoms with Crippen molar-refractivity contribution >= 4 is 11.7 Å². The number of benzene rings is 2. The van der Waals surface area contributed by atoms with Crippen LogP contribution in [0.25, 0.3) is 11.3 Å². The Morgan fingerprint density at radius 1 is 0.774 bits per heavy atom. The summed E-state index contributed by atoms with van der Waals surface area (Å²) in [6.07, 6.45) is -6.63. The van der Waals surface area contributed by atoms with Crippen LogP contribution in [0.1, 0.15) is 21.6 Å². The monoisotopic (exact) mass is 443 g/mol. The van der Waals surface area contributed by atoms with Crippen molar-refractivity contribution < 1.29 is 35.5 Å². The fraction of sp³-hybridized carbons (Fsp3) is 0.150. The van der Waals surface area contributed by atoms with E-state index in [0.29, 0.717) is 0 Å². The van der Waals surface area contributed by atoms with Crippen LogP contribution in [0.3, 0.4) is 0 Å². The molecule has 0 fully saturated rings. The Kier molecular flexibility index (Phi) is 5.47. The summed E-state index contributed by atoms with van der Waals surface area (Å²) in [6, 6.07) is 13.5.